The fraction of sp³-hybridized carbons (Fsp3) is 0.235. The molecular weight excluding hydrogens is 352 g/mol. The molecule has 3 aromatic rings. The quantitative estimate of drug-likeness (QED) is 0.581. The van der Waals surface area contributed by atoms with Gasteiger partial charge in [0.15, 0.2) is 0 Å². The molecule has 0 amide bonds. The van der Waals surface area contributed by atoms with E-state index < -0.39 is 10.0 Å². The summed E-state index contributed by atoms with van der Waals surface area (Å²) < 4.78 is 28.6. The number of hydrogen-bond donors (Lipinski definition) is 2. The van der Waals surface area contributed by atoms with Gasteiger partial charge in [0.05, 0.1) is 5.75 Å². The first-order chi connectivity index (χ1) is 12.5. The second-order valence-electron chi connectivity index (χ2n) is 5.67. The van der Waals surface area contributed by atoms with Gasteiger partial charge in [0.25, 0.3) is 0 Å². The lowest BCUT2D eigenvalue weighted by Gasteiger charge is -2.10. The summed E-state index contributed by atoms with van der Waals surface area (Å²) in [6.07, 6.45) is 4.97. The number of rotatable bonds is 8. The van der Waals surface area contributed by atoms with Crippen molar-refractivity contribution in [1.29, 1.82) is 0 Å². The first-order valence-corrected chi connectivity index (χ1v) is 9.76. The van der Waals surface area contributed by atoms with Gasteiger partial charge in [-0.25, -0.2) is 28.1 Å². The maximum Gasteiger partial charge on any atom is 0.215 e. The molecule has 9 heteroatoms. The molecule has 0 spiro atoms. The van der Waals surface area contributed by atoms with Crippen molar-refractivity contribution in [3.8, 4) is 5.82 Å². The van der Waals surface area contributed by atoms with E-state index in [0.717, 1.165) is 11.4 Å². The average molecular weight is 372 g/mol. The van der Waals surface area contributed by atoms with E-state index in [2.05, 4.69) is 25.0 Å². The van der Waals surface area contributed by atoms with Crippen LogP contribution in [0.4, 0.5) is 5.82 Å². The molecule has 0 aliphatic rings. The van der Waals surface area contributed by atoms with Crippen LogP contribution in [0.1, 0.15) is 11.4 Å². The Morgan fingerprint density at radius 3 is 2.62 bits per heavy atom. The van der Waals surface area contributed by atoms with Crippen molar-refractivity contribution < 1.29 is 8.42 Å². The zero-order valence-corrected chi connectivity index (χ0v) is 15.1. The van der Waals surface area contributed by atoms with Gasteiger partial charge in [-0.2, -0.15) is 0 Å². The molecule has 0 aliphatic heterocycles. The van der Waals surface area contributed by atoms with Crippen molar-refractivity contribution in [2.45, 2.75) is 12.7 Å². The van der Waals surface area contributed by atoms with E-state index in [1.165, 1.54) is 6.33 Å². The lowest BCUT2D eigenvalue weighted by molar-refractivity contribution is 0.582. The number of anilines is 1. The molecule has 3 rings (SSSR count). The molecule has 0 unspecified atom stereocenters. The van der Waals surface area contributed by atoms with Gasteiger partial charge in [0.1, 0.15) is 23.8 Å². The molecule has 2 heterocycles. The van der Waals surface area contributed by atoms with Gasteiger partial charge in [-0.15, -0.1) is 0 Å². The SMILES string of the molecule is Cc1nccn1-c1cc(NCCNS(=O)(=O)Cc2ccccc2)ncn1. The lowest BCUT2D eigenvalue weighted by atomic mass is 10.2. The molecule has 0 radical (unpaired) electrons. The van der Waals surface area contributed by atoms with Crippen LogP contribution in [0.2, 0.25) is 0 Å². The average Bonchev–Trinajstić information content (AvgIpc) is 3.06. The number of aryl methyl sites for hydroxylation is 1. The third-order valence-corrected chi connectivity index (χ3v) is 5.04. The predicted molar refractivity (Wildman–Crippen MR) is 99.4 cm³/mol. The number of nitrogens with one attached hydrogen (secondary N) is 2. The maximum atomic E-state index is 12.1. The van der Waals surface area contributed by atoms with E-state index in [-0.39, 0.29) is 12.3 Å². The summed E-state index contributed by atoms with van der Waals surface area (Å²) in [5.74, 6) is 2.10. The molecule has 2 aromatic heterocycles. The summed E-state index contributed by atoms with van der Waals surface area (Å²) in [6, 6.07) is 10.9. The zero-order chi connectivity index (χ0) is 18.4. The Bertz CT molecular complexity index is 956. The highest BCUT2D eigenvalue weighted by Gasteiger charge is 2.10. The molecule has 1 aromatic carbocycles. The topological polar surface area (TPSA) is 102 Å². The second kappa shape index (κ2) is 8.07. The Labute approximate surface area is 152 Å². The number of hydrogen-bond acceptors (Lipinski definition) is 6. The van der Waals surface area contributed by atoms with Crippen LogP contribution in [0.25, 0.3) is 5.82 Å². The molecule has 136 valence electrons. The van der Waals surface area contributed by atoms with E-state index in [4.69, 9.17) is 0 Å². The highest BCUT2D eigenvalue weighted by atomic mass is 32.2. The van der Waals surface area contributed by atoms with Gasteiger partial charge in [-0.1, -0.05) is 30.3 Å². The van der Waals surface area contributed by atoms with Gasteiger partial charge >= 0.3 is 0 Å². The number of imidazole rings is 1. The molecule has 2 N–H and O–H groups in total. The summed E-state index contributed by atoms with van der Waals surface area (Å²) in [4.78, 5) is 12.5. The van der Waals surface area contributed by atoms with Crippen LogP contribution in [0.15, 0.2) is 55.1 Å². The van der Waals surface area contributed by atoms with Gasteiger partial charge in [-0.05, 0) is 12.5 Å². The summed E-state index contributed by atoms with van der Waals surface area (Å²) in [7, 11) is -3.37. The highest BCUT2D eigenvalue weighted by molar-refractivity contribution is 7.88. The Balaban J connectivity index is 1.51. The van der Waals surface area contributed by atoms with Crippen molar-refractivity contribution in [3.05, 3.63) is 66.5 Å². The van der Waals surface area contributed by atoms with Crippen LogP contribution < -0.4 is 10.0 Å². The molecule has 0 saturated carbocycles. The molecule has 26 heavy (non-hydrogen) atoms. The normalized spacial score (nSPS) is 11.4. The summed E-state index contributed by atoms with van der Waals surface area (Å²) >= 11 is 0. The minimum atomic E-state index is -3.37. The largest absolute Gasteiger partial charge is 0.369 e. The van der Waals surface area contributed by atoms with Crippen LogP contribution in [0, 0.1) is 6.92 Å². The summed E-state index contributed by atoms with van der Waals surface area (Å²) in [5.41, 5.74) is 0.754. The molecule has 0 saturated heterocycles. The predicted octanol–water partition coefficient (Wildman–Crippen LogP) is 1.50. The third-order valence-electron chi connectivity index (χ3n) is 3.68. The fourth-order valence-corrected chi connectivity index (χ4v) is 3.58. The van der Waals surface area contributed by atoms with Crippen LogP contribution in [-0.2, 0) is 15.8 Å². The van der Waals surface area contributed by atoms with Crippen LogP contribution in [-0.4, -0.2) is 41.0 Å². The van der Waals surface area contributed by atoms with E-state index in [9.17, 15) is 8.42 Å². The van der Waals surface area contributed by atoms with Gasteiger partial charge in [-0.3, -0.25) is 4.57 Å². The van der Waals surface area contributed by atoms with Crippen molar-refractivity contribution in [2.24, 2.45) is 0 Å². The van der Waals surface area contributed by atoms with Gasteiger partial charge in [0.2, 0.25) is 10.0 Å². The maximum absolute atomic E-state index is 12.1. The molecule has 0 bridgehead atoms. The molecule has 8 nitrogen and oxygen atoms in total. The minimum Gasteiger partial charge on any atom is -0.369 e. The standard InChI is InChI=1S/C17H20N6O2S/c1-14-18-9-10-23(14)17-11-16(20-13-21-17)19-7-8-22-26(24,25)12-15-5-3-2-4-6-15/h2-6,9-11,13,22H,7-8,12H2,1H3,(H,19,20,21). The van der Waals surface area contributed by atoms with E-state index in [1.807, 2.05) is 35.9 Å². The first kappa shape index (κ1) is 18.0. The Morgan fingerprint density at radius 1 is 1.08 bits per heavy atom. The van der Waals surface area contributed by atoms with Gasteiger partial charge < -0.3 is 5.32 Å². The van der Waals surface area contributed by atoms with E-state index >= 15 is 0 Å². The van der Waals surface area contributed by atoms with Crippen molar-refractivity contribution >= 4 is 15.8 Å². The summed E-state index contributed by atoms with van der Waals surface area (Å²) in [5, 5.41) is 3.09. The van der Waals surface area contributed by atoms with E-state index in [1.54, 1.807) is 24.4 Å². The monoisotopic (exact) mass is 372 g/mol. The minimum absolute atomic E-state index is 0.0363. The van der Waals surface area contributed by atoms with Gasteiger partial charge in [0, 0.05) is 31.5 Å². The zero-order valence-electron chi connectivity index (χ0n) is 14.3. The van der Waals surface area contributed by atoms with Crippen molar-refractivity contribution in [1.82, 2.24) is 24.2 Å². The Morgan fingerprint density at radius 2 is 1.88 bits per heavy atom. The van der Waals surface area contributed by atoms with Crippen LogP contribution in [0.5, 0.6) is 0 Å². The Hall–Kier alpha value is -2.78. The van der Waals surface area contributed by atoms with Crippen LogP contribution >= 0.6 is 0 Å². The van der Waals surface area contributed by atoms with E-state index in [0.29, 0.717) is 18.2 Å². The fourth-order valence-electron chi connectivity index (χ4n) is 2.44. The molecule has 0 aliphatic carbocycles. The Kier molecular flexibility index (Phi) is 5.59. The number of sulfonamides is 1. The van der Waals surface area contributed by atoms with Crippen molar-refractivity contribution in [3.63, 3.8) is 0 Å². The number of aromatic nitrogens is 4. The molecule has 0 fully saturated rings. The molecule has 0 atom stereocenters. The second-order valence-corrected chi connectivity index (χ2v) is 7.48. The highest BCUT2D eigenvalue weighted by Crippen LogP contribution is 2.10. The first-order valence-electron chi connectivity index (χ1n) is 8.11. The molecular formula is C17H20N6O2S. The number of benzene rings is 1. The van der Waals surface area contributed by atoms with Crippen LogP contribution in [0.3, 0.4) is 0 Å². The number of nitrogens with zero attached hydrogens (tertiary/aromatic N) is 4. The van der Waals surface area contributed by atoms with Crippen molar-refractivity contribution in [2.75, 3.05) is 18.4 Å². The smallest absolute Gasteiger partial charge is 0.215 e. The lowest BCUT2D eigenvalue weighted by Crippen LogP contribution is -2.30. The summed E-state index contributed by atoms with van der Waals surface area (Å²) in [6.45, 7) is 2.56. The third kappa shape index (κ3) is 4.87.